The number of ether oxygens (including phenoxy) is 1. The minimum Gasteiger partial charge on any atom is -0.465 e. The zero-order valence-corrected chi connectivity index (χ0v) is 10.4. The Morgan fingerprint density at radius 3 is 2.53 bits per heavy atom. The van der Waals surface area contributed by atoms with E-state index < -0.39 is 18.3 Å². The van der Waals surface area contributed by atoms with Crippen molar-refractivity contribution in [2.45, 2.75) is 25.2 Å². The SMILES string of the molecule is COC(=O)c1ccc(N2C(=O)CCC2C(O)O)cc1. The van der Waals surface area contributed by atoms with Crippen LogP contribution in [0.3, 0.4) is 0 Å². The molecule has 2 N–H and O–H groups in total. The molecule has 1 aliphatic rings. The summed E-state index contributed by atoms with van der Waals surface area (Å²) < 4.78 is 4.58. The monoisotopic (exact) mass is 265 g/mol. The Morgan fingerprint density at radius 2 is 2.00 bits per heavy atom. The Balaban J connectivity index is 2.25. The normalized spacial score (nSPS) is 19.1. The molecule has 1 fully saturated rings. The molecule has 102 valence electrons. The lowest BCUT2D eigenvalue weighted by molar-refractivity contribution is -0.118. The maximum Gasteiger partial charge on any atom is 0.337 e. The molecule has 0 bridgehead atoms. The largest absolute Gasteiger partial charge is 0.465 e. The van der Waals surface area contributed by atoms with E-state index in [1.54, 1.807) is 12.1 Å². The summed E-state index contributed by atoms with van der Waals surface area (Å²) in [5.41, 5.74) is 0.909. The number of aliphatic hydroxyl groups is 2. The van der Waals surface area contributed by atoms with Crippen LogP contribution >= 0.6 is 0 Å². The van der Waals surface area contributed by atoms with Gasteiger partial charge in [0, 0.05) is 12.1 Å². The molecule has 6 heteroatoms. The quantitative estimate of drug-likeness (QED) is 0.605. The zero-order valence-electron chi connectivity index (χ0n) is 10.4. The second-order valence-electron chi connectivity index (χ2n) is 4.32. The van der Waals surface area contributed by atoms with E-state index in [0.29, 0.717) is 17.7 Å². The van der Waals surface area contributed by atoms with E-state index in [4.69, 9.17) is 0 Å². The standard InChI is InChI=1S/C13H15NO5/c1-19-13(18)8-2-4-9(5-3-8)14-10(12(16)17)6-7-11(14)15/h2-5,10,12,16-17H,6-7H2,1H3. The van der Waals surface area contributed by atoms with Crippen molar-refractivity contribution in [2.24, 2.45) is 0 Å². The van der Waals surface area contributed by atoms with Crippen molar-refractivity contribution in [2.75, 3.05) is 12.0 Å². The number of benzene rings is 1. The van der Waals surface area contributed by atoms with E-state index in [0.717, 1.165) is 0 Å². The van der Waals surface area contributed by atoms with Gasteiger partial charge >= 0.3 is 5.97 Å². The van der Waals surface area contributed by atoms with Gasteiger partial charge in [0.1, 0.15) is 0 Å². The number of carbonyl (C=O) groups excluding carboxylic acids is 2. The molecule has 1 unspecified atom stereocenters. The highest BCUT2D eigenvalue weighted by molar-refractivity contribution is 5.97. The number of nitrogens with zero attached hydrogens (tertiary/aromatic N) is 1. The highest BCUT2D eigenvalue weighted by Crippen LogP contribution is 2.28. The third kappa shape index (κ3) is 2.59. The second kappa shape index (κ2) is 5.38. The predicted octanol–water partition coefficient (Wildman–Crippen LogP) is 0.279. The fraction of sp³-hybridized carbons (Fsp3) is 0.385. The molecular formula is C13H15NO5. The molecule has 0 aliphatic carbocycles. The van der Waals surface area contributed by atoms with Gasteiger partial charge in [-0.2, -0.15) is 0 Å². The molecule has 1 heterocycles. The lowest BCUT2D eigenvalue weighted by Crippen LogP contribution is -2.41. The Labute approximate surface area is 110 Å². The molecular weight excluding hydrogens is 250 g/mol. The molecule has 19 heavy (non-hydrogen) atoms. The number of amides is 1. The number of hydrogen-bond donors (Lipinski definition) is 2. The van der Waals surface area contributed by atoms with Crippen molar-refractivity contribution in [1.29, 1.82) is 0 Å². The summed E-state index contributed by atoms with van der Waals surface area (Å²) in [4.78, 5) is 24.4. The number of esters is 1. The summed E-state index contributed by atoms with van der Waals surface area (Å²) in [6, 6.07) is 5.60. The van der Waals surface area contributed by atoms with Gasteiger partial charge in [0.05, 0.1) is 18.7 Å². The minimum absolute atomic E-state index is 0.163. The van der Waals surface area contributed by atoms with Crippen LogP contribution in [0.5, 0.6) is 0 Å². The number of methoxy groups -OCH3 is 1. The van der Waals surface area contributed by atoms with E-state index in [9.17, 15) is 19.8 Å². The van der Waals surface area contributed by atoms with Crippen LogP contribution < -0.4 is 4.90 Å². The summed E-state index contributed by atoms with van der Waals surface area (Å²) in [7, 11) is 1.29. The number of rotatable bonds is 3. The summed E-state index contributed by atoms with van der Waals surface area (Å²) in [5, 5.41) is 18.5. The molecule has 1 atom stereocenters. The van der Waals surface area contributed by atoms with Gasteiger partial charge < -0.3 is 19.8 Å². The van der Waals surface area contributed by atoms with Crippen molar-refractivity contribution < 1.29 is 24.5 Å². The maximum absolute atomic E-state index is 11.8. The van der Waals surface area contributed by atoms with Gasteiger partial charge in [-0.15, -0.1) is 0 Å². The third-order valence-corrected chi connectivity index (χ3v) is 3.17. The van der Waals surface area contributed by atoms with E-state index in [1.807, 2.05) is 0 Å². The summed E-state index contributed by atoms with van der Waals surface area (Å²) >= 11 is 0. The Bertz CT molecular complexity index is 482. The lowest BCUT2D eigenvalue weighted by atomic mass is 10.1. The van der Waals surface area contributed by atoms with Gasteiger partial charge in [0.25, 0.3) is 0 Å². The summed E-state index contributed by atoms with van der Waals surface area (Å²) in [5.74, 6) is -0.623. The van der Waals surface area contributed by atoms with Gasteiger partial charge in [0.15, 0.2) is 6.29 Å². The number of hydrogen-bond acceptors (Lipinski definition) is 5. The van der Waals surface area contributed by atoms with Crippen molar-refractivity contribution in [1.82, 2.24) is 0 Å². The van der Waals surface area contributed by atoms with Crippen LogP contribution in [0.1, 0.15) is 23.2 Å². The molecule has 6 nitrogen and oxygen atoms in total. The second-order valence-corrected chi connectivity index (χ2v) is 4.32. The molecule has 1 amide bonds. The molecule has 0 saturated carbocycles. The van der Waals surface area contributed by atoms with E-state index in [-0.39, 0.29) is 12.3 Å². The highest BCUT2D eigenvalue weighted by Gasteiger charge is 2.36. The van der Waals surface area contributed by atoms with Gasteiger partial charge in [0.2, 0.25) is 5.91 Å². The Hall–Kier alpha value is -1.92. The third-order valence-electron chi connectivity index (χ3n) is 3.17. The average Bonchev–Trinajstić information content (AvgIpc) is 2.80. The van der Waals surface area contributed by atoms with Crippen molar-refractivity contribution >= 4 is 17.6 Å². The van der Waals surface area contributed by atoms with E-state index in [1.165, 1.54) is 24.1 Å². The van der Waals surface area contributed by atoms with Crippen molar-refractivity contribution in [3.05, 3.63) is 29.8 Å². The molecule has 1 saturated heterocycles. The Morgan fingerprint density at radius 1 is 1.37 bits per heavy atom. The van der Waals surface area contributed by atoms with Crippen LogP contribution in [0.2, 0.25) is 0 Å². The van der Waals surface area contributed by atoms with Gasteiger partial charge in [-0.05, 0) is 30.7 Å². The molecule has 1 aromatic carbocycles. The summed E-state index contributed by atoms with van der Waals surface area (Å²) in [6.07, 6.45) is -0.900. The predicted molar refractivity (Wildman–Crippen MR) is 66.5 cm³/mol. The first-order valence-electron chi connectivity index (χ1n) is 5.91. The van der Waals surface area contributed by atoms with Gasteiger partial charge in [-0.3, -0.25) is 4.79 Å². The smallest absolute Gasteiger partial charge is 0.337 e. The molecule has 0 aromatic heterocycles. The van der Waals surface area contributed by atoms with Crippen molar-refractivity contribution in [3.8, 4) is 0 Å². The zero-order chi connectivity index (χ0) is 14.0. The first-order chi connectivity index (χ1) is 9.04. The Kier molecular flexibility index (Phi) is 3.82. The van der Waals surface area contributed by atoms with Gasteiger partial charge in [-0.1, -0.05) is 0 Å². The number of aliphatic hydroxyl groups excluding tert-OH is 1. The van der Waals surface area contributed by atoms with Crippen LogP contribution in [0.4, 0.5) is 5.69 Å². The van der Waals surface area contributed by atoms with E-state index in [2.05, 4.69) is 4.74 Å². The minimum atomic E-state index is -1.58. The van der Waals surface area contributed by atoms with Crippen LogP contribution in [-0.4, -0.2) is 41.5 Å². The van der Waals surface area contributed by atoms with Crippen LogP contribution in [0.25, 0.3) is 0 Å². The average molecular weight is 265 g/mol. The molecule has 2 rings (SSSR count). The molecule has 0 radical (unpaired) electrons. The van der Waals surface area contributed by atoms with E-state index >= 15 is 0 Å². The van der Waals surface area contributed by atoms with Crippen molar-refractivity contribution in [3.63, 3.8) is 0 Å². The van der Waals surface area contributed by atoms with Crippen LogP contribution in [0, 0.1) is 0 Å². The topological polar surface area (TPSA) is 87.1 Å². The first-order valence-corrected chi connectivity index (χ1v) is 5.91. The fourth-order valence-electron chi connectivity index (χ4n) is 2.20. The molecule has 0 spiro atoms. The first kappa shape index (κ1) is 13.5. The fourth-order valence-corrected chi connectivity index (χ4v) is 2.20. The number of anilines is 1. The maximum atomic E-state index is 11.8. The lowest BCUT2D eigenvalue weighted by Gasteiger charge is -2.26. The molecule has 1 aliphatic heterocycles. The molecule has 1 aromatic rings. The highest BCUT2D eigenvalue weighted by atomic mass is 16.5. The van der Waals surface area contributed by atoms with Crippen LogP contribution in [0.15, 0.2) is 24.3 Å². The number of carbonyl (C=O) groups is 2. The summed E-state index contributed by atoms with van der Waals surface area (Å²) in [6.45, 7) is 0. The van der Waals surface area contributed by atoms with Crippen LogP contribution in [-0.2, 0) is 9.53 Å². The van der Waals surface area contributed by atoms with Gasteiger partial charge in [-0.25, -0.2) is 4.79 Å².